The molecule has 2 N–H and O–H groups in total. The topological polar surface area (TPSA) is 69.6 Å². The predicted molar refractivity (Wildman–Crippen MR) is 77.9 cm³/mol. The minimum absolute atomic E-state index is 0.0712. The van der Waals surface area contributed by atoms with E-state index < -0.39 is 5.97 Å². The predicted octanol–water partition coefficient (Wildman–Crippen LogP) is 1.38. The van der Waals surface area contributed by atoms with Crippen molar-refractivity contribution in [1.29, 1.82) is 0 Å². The Kier molecular flexibility index (Phi) is 6.18. The molecule has 0 spiro atoms. The number of rotatable bonds is 7. The number of amides is 1. The number of carboxylic acid groups (broad SMARTS) is 1. The number of aromatic carboxylic acids is 1. The normalized spacial score (nSPS) is 12.2. The van der Waals surface area contributed by atoms with Crippen LogP contribution in [-0.2, 0) is 11.2 Å². The Labute approximate surface area is 119 Å². The van der Waals surface area contributed by atoms with Crippen LogP contribution in [0, 0.1) is 0 Å². The van der Waals surface area contributed by atoms with Crippen molar-refractivity contribution in [3.8, 4) is 0 Å². The molecule has 1 amide bonds. The summed E-state index contributed by atoms with van der Waals surface area (Å²) in [6, 6.07) is 6.66. The lowest BCUT2D eigenvalue weighted by Gasteiger charge is -2.17. The van der Waals surface area contributed by atoms with Crippen LogP contribution < -0.4 is 5.32 Å². The molecule has 0 radical (unpaired) electrons. The van der Waals surface area contributed by atoms with Gasteiger partial charge in [0.2, 0.25) is 5.91 Å². The van der Waals surface area contributed by atoms with Crippen molar-refractivity contribution >= 4 is 11.9 Å². The van der Waals surface area contributed by atoms with Crippen molar-refractivity contribution in [3.05, 3.63) is 35.4 Å². The van der Waals surface area contributed by atoms with Gasteiger partial charge >= 0.3 is 5.97 Å². The van der Waals surface area contributed by atoms with Gasteiger partial charge in [0.05, 0.1) is 12.0 Å². The minimum atomic E-state index is -1.01. The van der Waals surface area contributed by atoms with Crippen molar-refractivity contribution < 1.29 is 14.7 Å². The number of nitrogens with zero attached hydrogens (tertiary/aromatic N) is 1. The van der Waals surface area contributed by atoms with Crippen LogP contribution in [-0.4, -0.2) is 48.6 Å². The second-order valence-corrected chi connectivity index (χ2v) is 5.20. The highest BCUT2D eigenvalue weighted by Gasteiger charge is 2.13. The second kappa shape index (κ2) is 7.65. The first kappa shape index (κ1) is 16.2. The van der Waals surface area contributed by atoms with Crippen molar-refractivity contribution in [3.63, 3.8) is 0 Å². The summed E-state index contributed by atoms with van der Waals surface area (Å²) in [7, 11) is 3.97. The Morgan fingerprint density at radius 2 is 1.95 bits per heavy atom. The SMILES string of the molecule is CC(CCN(C)C)NC(=O)Cc1ccccc1C(=O)O. The van der Waals surface area contributed by atoms with Crippen LogP contribution in [0.1, 0.15) is 29.3 Å². The Morgan fingerprint density at radius 3 is 2.55 bits per heavy atom. The molecule has 0 bridgehead atoms. The fourth-order valence-corrected chi connectivity index (χ4v) is 1.91. The van der Waals surface area contributed by atoms with Crippen LogP contribution in [0.4, 0.5) is 0 Å². The molecule has 1 aromatic carbocycles. The second-order valence-electron chi connectivity index (χ2n) is 5.20. The molecular formula is C15H22N2O3. The summed E-state index contributed by atoms with van der Waals surface area (Å²) in [6.07, 6.45) is 0.952. The van der Waals surface area contributed by atoms with E-state index >= 15 is 0 Å². The van der Waals surface area contributed by atoms with E-state index in [0.29, 0.717) is 5.56 Å². The van der Waals surface area contributed by atoms with Crippen molar-refractivity contribution in [2.45, 2.75) is 25.8 Å². The zero-order valence-electron chi connectivity index (χ0n) is 12.2. The summed E-state index contributed by atoms with van der Waals surface area (Å²) in [6.45, 7) is 2.84. The molecule has 0 aliphatic heterocycles. The zero-order valence-corrected chi connectivity index (χ0v) is 12.2. The number of benzene rings is 1. The van der Waals surface area contributed by atoms with Gasteiger partial charge in [-0.25, -0.2) is 4.79 Å². The molecule has 1 unspecified atom stereocenters. The third-order valence-corrected chi connectivity index (χ3v) is 3.02. The van der Waals surface area contributed by atoms with Crippen molar-refractivity contribution in [1.82, 2.24) is 10.2 Å². The first-order valence-electron chi connectivity index (χ1n) is 6.65. The number of hydrogen-bond donors (Lipinski definition) is 2. The Hall–Kier alpha value is -1.88. The first-order valence-corrected chi connectivity index (χ1v) is 6.65. The third-order valence-electron chi connectivity index (χ3n) is 3.02. The third kappa shape index (κ3) is 5.40. The lowest BCUT2D eigenvalue weighted by molar-refractivity contribution is -0.121. The molecule has 0 heterocycles. The molecule has 0 aromatic heterocycles. The van der Waals surface area contributed by atoms with Crippen LogP contribution in [0.25, 0.3) is 0 Å². The number of nitrogens with one attached hydrogen (secondary N) is 1. The molecule has 5 heteroatoms. The number of carboxylic acids is 1. The summed E-state index contributed by atoms with van der Waals surface area (Å²) >= 11 is 0. The Balaban J connectivity index is 2.56. The van der Waals surface area contributed by atoms with Crippen LogP contribution in [0.15, 0.2) is 24.3 Å². The number of carbonyl (C=O) groups excluding carboxylic acids is 1. The Morgan fingerprint density at radius 1 is 1.30 bits per heavy atom. The number of carbonyl (C=O) groups is 2. The van der Waals surface area contributed by atoms with Crippen molar-refractivity contribution in [2.75, 3.05) is 20.6 Å². The maximum atomic E-state index is 11.9. The minimum Gasteiger partial charge on any atom is -0.478 e. The van der Waals surface area contributed by atoms with E-state index in [2.05, 4.69) is 10.2 Å². The van der Waals surface area contributed by atoms with E-state index in [1.807, 2.05) is 21.0 Å². The molecule has 1 atom stereocenters. The van der Waals surface area contributed by atoms with Gasteiger partial charge in [-0.05, 0) is 45.6 Å². The van der Waals surface area contributed by atoms with Gasteiger partial charge in [-0.1, -0.05) is 18.2 Å². The lowest BCUT2D eigenvalue weighted by atomic mass is 10.0. The van der Waals surface area contributed by atoms with Crippen molar-refractivity contribution in [2.24, 2.45) is 0 Å². The molecular weight excluding hydrogens is 256 g/mol. The van der Waals surface area contributed by atoms with Gasteiger partial charge in [-0.3, -0.25) is 4.79 Å². The summed E-state index contributed by atoms with van der Waals surface area (Å²) in [5.41, 5.74) is 0.723. The molecule has 20 heavy (non-hydrogen) atoms. The van der Waals surface area contributed by atoms with Crippen LogP contribution in [0.3, 0.4) is 0 Å². The molecule has 0 fully saturated rings. The quantitative estimate of drug-likeness (QED) is 0.790. The fourth-order valence-electron chi connectivity index (χ4n) is 1.91. The highest BCUT2D eigenvalue weighted by atomic mass is 16.4. The van der Waals surface area contributed by atoms with Gasteiger partial charge in [0.15, 0.2) is 0 Å². The molecule has 5 nitrogen and oxygen atoms in total. The first-order chi connectivity index (χ1) is 9.40. The molecule has 110 valence electrons. The number of hydrogen-bond acceptors (Lipinski definition) is 3. The summed E-state index contributed by atoms with van der Waals surface area (Å²) in [5.74, 6) is -1.15. The standard InChI is InChI=1S/C15H22N2O3/c1-11(8-9-17(2)3)16-14(18)10-12-6-4-5-7-13(12)15(19)20/h4-7,11H,8-10H2,1-3H3,(H,16,18)(H,19,20). The van der Waals surface area contributed by atoms with Gasteiger partial charge in [0.25, 0.3) is 0 Å². The lowest BCUT2D eigenvalue weighted by Crippen LogP contribution is -2.36. The highest BCUT2D eigenvalue weighted by Crippen LogP contribution is 2.09. The molecule has 0 aliphatic rings. The average Bonchev–Trinajstić information content (AvgIpc) is 2.36. The van der Waals surface area contributed by atoms with E-state index in [0.717, 1.165) is 13.0 Å². The molecule has 0 aliphatic carbocycles. The van der Waals surface area contributed by atoms with Gasteiger partial charge in [-0.15, -0.1) is 0 Å². The Bertz CT molecular complexity index is 472. The van der Waals surface area contributed by atoms with Crippen LogP contribution in [0.5, 0.6) is 0 Å². The molecule has 0 saturated carbocycles. The van der Waals surface area contributed by atoms with E-state index in [1.165, 1.54) is 6.07 Å². The summed E-state index contributed by atoms with van der Waals surface area (Å²) in [4.78, 5) is 25.0. The van der Waals surface area contributed by atoms with E-state index in [1.54, 1.807) is 18.2 Å². The maximum absolute atomic E-state index is 11.9. The van der Waals surface area contributed by atoms with E-state index in [9.17, 15) is 9.59 Å². The maximum Gasteiger partial charge on any atom is 0.335 e. The molecule has 1 aromatic rings. The zero-order chi connectivity index (χ0) is 15.1. The summed E-state index contributed by atoms with van der Waals surface area (Å²) in [5, 5.41) is 12.0. The van der Waals surface area contributed by atoms with Gasteiger partial charge in [0, 0.05) is 6.04 Å². The van der Waals surface area contributed by atoms with E-state index in [4.69, 9.17) is 5.11 Å². The monoisotopic (exact) mass is 278 g/mol. The van der Waals surface area contributed by atoms with Crippen LogP contribution >= 0.6 is 0 Å². The molecule has 0 saturated heterocycles. The molecule has 1 rings (SSSR count). The van der Waals surface area contributed by atoms with Gasteiger partial charge in [-0.2, -0.15) is 0 Å². The van der Waals surface area contributed by atoms with Gasteiger partial charge in [0.1, 0.15) is 0 Å². The van der Waals surface area contributed by atoms with E-state index in [-0.39, 0.29) is 23.9 Å². The largest absolute Gasteiger partial charge is 0.478 e. The van der Waals surface area contributed by atoms with Gasteiger partial charge < -0.3 is 15.3 Å². The van der Waals surface area contributed by atoms with Crippen LogP contribution in [0.2, 0.25) is 0 Å². The smallest absolute Gasteiger partial charge is 0.335 e. The summed E-state index contributed by atoms with van der Waals surface area (Å²) < 4.78 is 0. The highest BCUT2D eigenvalue weighted by molar-refractivity contribution is 5.91. The average molecular weight is 278 g/mol. The fraction of sp³-hybridized carbons (Fsp3) is 0.467.